The van der Waals surface area contributed by atoms with Crippen molar-refractivity contribution in [1.82, 2.24) is 9.97 Å². The fraction of sp³-hybridized carbons (Fsp3) is 0.500. The molecule has 0 amide bonds. The smallest absolute Gasteiger partial charge is 0.150 e. The maximum Gasteiger partial charge on any atom is 0.150 e. The van der Waals surface area contributed by atoms with Crippen LogP contribution in [0.5, 0.6) is 0 Å². The van der Waals surface area contributed by atoms with Crippen LogP contribution in [0, 0.1) is 5.41 Å². The highest BCUT2D eigenvalue weighted by molar-refractivity contribution is 6.32. The predicted octanol–water partition coefficient (Wildman–Crippen LogP) is 0.909. The van der Waals surface area contributed by atoms with Gasteiger partial charge < -0.3 is 15.4 Å². The zero-order chi connectivity index (χ0) is 12.7. The summed E-state index contributed by atoms with van der Waals surface area (Å²) >= 11 is 6.02. The van der Waals surface area contributed by atoms with E-state index in [1.165, 1.54) is 12.5 Å². The molecule has 0 aliphatic heterocycles. The highest BCUT2D eigenvalue weighted by Crippen LogP contribution is 2.21. The molecular formula is C10H16ClN5O. The Labute approximate surface area is 105 Å². The molecule has 0 radical (unpaired) electrons. The van der Waals surface area contributed by atoms with Crippen molar-refractivity contribution in [3.63, 3.8) is 0 Å². The number of ether oxygens (including phenoxy) is 1. The lowest BCUT2D eigenvalue weighted by Gasteiger charge is -2.23. The molecule has 3 N–H and O–H groups in total. The Balaban J connectivity index is 2.74. The molecule has 0 spiro atoms. The van der Waals surface area contributed by atoms with Crippen molar-refractivity contribution in [2.75, 3.05) is 31.7 Å². The third-order valence-corrected chi connectivity index (χ3v) is 2.43. The Morgan fingerprint density at radius 2 is 2.35 bits per heavy atom. The minimum Gasteiger partial charge on any atom is -0.388 e. The average molecular weight is 258 g/mol. The molecule has 0 saturated carbocycles. The Kier molecular flexibility index (Phi) is 5.65. The summed E-state index contributed by atoms with van der Waals surface area (Å²) in [6.45, 7) is 1.77. The molecule has 1 aromatic heterocycles. The van der Waals surface area contributed by atoms with Crippen molar-refractivity contribution in [2.24, 2.45) is 5.73 Å². The summed E-state index contributed by atoms with van der Waals surface area (Å²) in [6, 6.07) is 0. The second-order valence-corrected chi connectivity index (χ2v) is 3.86. The summed E-state index contributed by atoms with van der Waals surface area (Å²) in [5.41, 5.74) is 5.35. The van der Waals surface area contributed by atoms with Gasteiger partial charge in [-0.1, -0.05) is 11.6 Å². The van der Waals surface area contributed by atoms with E-state index in [1.54, 1.807) is 7.11 Å². The van der Waals surface area contributed by atoms with Crippen LogP contribution in [0.15, 0.2) is 12.5 Å². The van der Waals surface area contributed by atoms with E-state index in [0.717, 1.165) is 0 Å². The molecule has 0 aromatic carbocycles. The number of aromatic nitrogens is 2. The van der Waals surface area contributed by atoms with Gasteiger partial charge in [0.25, 0.3) is 0 Å². The number of anilines is 1. The molecule has 0 aliphatic rings. The van der Waals surface area contributed by atoms with Gasteiger partial charge in [-0.25, -0.2) is 9.97 Å². The first kappa shape index (κ1) is 13.7. The molecule has 0 fully saturated rings. The number of amidine groups is 1. The Bertz CT molecular complexity index is 373. The van der Waals surface area contributed by atoms with E-state index >= 15 is 0 Å². The zero-order valence-electron chi connectivity index (χ0n) is 9.69. The number of halogens is 1. The maximum absolute atomic E-state index is 7.23. The number of nitrogens with zero attached hydrogens (tertiary/aromatic N) is 3. The molecule has 0 bridgehead atoms. The molecule has 0 aliphatic carbocycles. The third kappa shape index (κ3) is 4.54. The van der Waals surface area contributed by atoms with Crippen molar-refractivity contribution < 1.29 is 4.74 Å². The van der Waals surface area contributed by atoms with Crippen molar-refractivity contribution in [1.29, 1.82) is 5.41 Å². The number of nitrogens with two attached hydrogens (primary N) is 1. The standard InChI is InChI=1S/C10H16ClN5O/c1-17-5-4-16(3-2-9(12)13)10-8(11)6-14-7-15-10/h6-7H,2-5H2,1H3,(H3,12,13). The van der Waals surface area contributed by atoms with Gasteiger partial charge in [0.05, 0.1) is 18.6 Å². The van der Waals surface area contributed by atoms with Gasteiger partial charge in [-0.05, 0) is 0 Å². The topological polar surface area (TPSA) is 88.1 Å². The Morgan fingerprint density at radius 1 is 1.59 bits per heavy atom. The van der Waals surface area contributed by atoms with Crippen molar-refractivity contribution in [3.8, 4) is 0 Å². The van der Waals surface area contributed by atoms with Crippen molar-refractivity contribution in [3.05, 3.63) is 17.5 Å². The fourth-order valence-electron chi connectivity index (χ4n) is 1.32. The minimum atomic E-state index is 0.137. The molecule has 94 valence electrons. The molecule has 0 atom stereocenters. The summed E-state index contributed by atoms with van der Waals surface area (Å²) in [6.07, 6.45) is 3.44. The molecule has 1 rings (SSSR count). The summed E-state index contributed by atoms with van der Waals surface area (Å²) in [5.74, 6) is 0.776. The SMILES string of the molecule is COCCN(CCC(=N)N)c1ncncc1Cl. The van der Waals surface area contributed by atoms with Gasteiger partial charge in [0.1, 0.15) is 11.3 Å². The number of rotatable bonds is 7. The molecule has 0 saturated heterocycles. The Hall–Kier alpha value is -1.40. The highest BCUT2D eigenvalue weighted by Gasteiger charge is 2.11. The van der Waals surface area contributed by atoms with Gasteiger partial charge in [0, 0.05) is 26.6 Å². The summed E-state index contributed by atoms with van der Waals surface area (Å²) in [4.78, 5) is 9.89. The van der Waals surface area contributed by atoms with Crippen LogP contribution >= 0.6 is 11.6 Å². The number of hydrogen-bond donors (Lipinski definition) is 2. The molecule has 6 nitrogen and oxygen atoms in total. The highest BCUT2D eigenvalue weighted by atomic mass is 35.5. The van der Waals surface area contributed by atoms with Crippen LogP contribution in [0.25, 0.3) is 0 Å². The third-order valence-electron chi connectivity index (χ3n) is 2.16. The number of hydrogen-bond acceptors (Lipinski definition) is 5. The lowest BCUT2D eigenvalue weighted by Crippen LogP contribution is -2.31. The van der Waals surface area contributed by atoms with Gasteiger partial charge in [-0.15, -0.1) is 0 Å². The van der Waals surface area contributed by atoms with E-state index in [2.05, 4.69) is 9.97 Å². The molecule has 1 aromatic rings. The zero-order valence-corrected chi connectivity index (χ0v) is 10.4. The first-order valence-corrected chi connectivity index (χ1v) is 5.55. The van der Waals surface area contributed by atoms with Crippen molar-refractivity contribution >= 4 is 23.3 Å². The quantitative estimate of drug-likeness (QED) is 0.560. The second kappa shape index (κ2) is 7.03. The van der Waals surface area contributed by atoms with E-state index in [9.17, 15) is 0 Å². The van der Waals surface area contributed by atoms with Crippen LogP contribution in [-0.2, 0) is 4.74 Å². The summed E-state index contributed by atoms with van der Waals surface area (Å²) in [5, 5.41) is 7.71. The van der Waals surface area contributed by atoms with Crippen LogP contribution in [0.1, 0.15) is 6.42 Å². The first-order valence-electron chi connectivity index (χ1n) is 5.17. The van der Waals surface area contributed by atoms with E-state index < -0.39 is 0 Å². The molecule has 1 heterocycles. The molecule has 7 heteroatoms. The minimum absolute atomic E-state index is 0.137. The lowest BCUT2D eigenvalue weighted by atomic mass is 10.3. The van der Waals surface area contributed by atoms with E-state index in [-0.39, 0.29) is 5.84 Å². The van der Waals surface area contributed by atoms with Gasteiger partial charge in [0.15, 0.2) is 5.82 Å². The lowest BCUT2D eigenvalue weighted by molar-refractivity contribution is 0.205. The van der Waals surface area contributed by atoms with Gasteiger partial charge >= 0.3 is 0 Å². The van der Waals surface area contributed by atoms with E-state index in [4.69, 9.17) is 27.5 Å². The van der Waals surface area contributed by atoms with Gasteiger partial charge in [-0.3, -0.25) is 5.41 Å². The predicted molar refractivity (Wildman–Crippen MR) is 67.7 cm³/mol. The first-order chi connectivity index (χ1) is 8.15. The monoisotopic (exact) mass is 257 g/mol. The number of nitrogens with one attached hydrogen (secondary N) is 1. The summed E-state index contributed by atoms with van der Waals surface area (Å²) in [7, 11) is 1.63. The summed E-state index contributed by atoms with van der Waals surface area (Å²) < 4.78 is 5.03. The van der Waals surface area contributed by atoms with Crippen molar-refractivity contribution in [2.45, 2.75) is 6.42 Å². The maximum atomic E-state index is 7.23. The van der Waals surface area contributed by atoms with Crippen LogP contribution in [-0.4, -0.2) is 42.6 Å². The van der Waals surface area contributed by atoms with Gasteiger partial charge in [-0.2, -0.15) is 0 Å². The normalized spacial score (nSPS) is 10.2. The molecule has 0 unspecified atom stereocenters. The number of methoxy groups -OCH3 is 1. The largest absolute Gasteiger partial charge is 0.388 e. The van der Waals surface area contributed by atoms with E-state index in [0.29, 0.717) is 37.0 Å². The second-order valence-electron chi connectivity index (χ2n) is 3.45. The van der Waals surface area contributed by atoms with Crippen LogP contribution in [0.4, 0.5) is 5.82 Å². The molecular weight excluding hydrogens is 242 g/mol. The van der Waals surface area contributed by atoms with Crippen LogP contribution in [0.2, 0.25) is 5.02 Å². The van der Waals surface area contributed by atoms with Gasteiger partial charge in [0.2, 0.25) is 0 Å². The van der Waals surface area contributed by atoms with E-state index in [1.807, 2.05) is 4.90 Å². The van der Waals surface area contributed by atoms with Crippen LogP contribution < -0.4 is 10.6 Å². The fourth-order valence-corrected chi connectivity index (χ4v) is 1.54. The van der Waals surface area contributed by atoms with Crippen LogP contribution in [0.3, 0.4) is 0 Å². The average Bonchev–Trinajstić information content (AvgIpc) is 2.30. The molecule has 17 heavy (non-hydrogen) atoms. The Morgan fingerprint density at radius 3 is 2.94 bits per heavy atom.